The average Bonchev–Trinajstić information content (AvgIpc) is 1.88. The van der Waals surface area contributed by atoms with E-state index in [1.807, 2.05) is 0 Å². The zero-order chi connectivity index (χ0) is 6.69. The number of aromatic nitrogens is 1. The third kappa shape index (κ3) is 1.38. The summed E-state index contributed by atoms with van der Waals surface area (Å²) in [4.78, 5) is 3.40. The molecule has 48 valence electrons. The Morgan fingerprint density at radius 2 is 2.33 bits per heavy atom. The molecule has 0 radical (unpaired) electrons. The Bertz CT molecular complexity index is 202. The van der Waals surface area contributed by atoms with Crippen molar-refractivity contribution in [1.82, 2.24) is 4.98 Å². The minimum atomic E-state index is -0.519. The van der Waals surface area contributed by atoms with E-state index in [9.17, 15) is 4.39 Å². The summed E-state index contributed by atoms with van der Waals surface area (Å²) in [7, 11) is 1.45. The standard InChI is InChI=1S/C6H6FNO/c1-9-6-4-2-3-5(7)8-6/h2-4H,1H3. The van der Waals surface area contributed by atoms with E-state index in [0.717, 1.165) is 0 Å². The van der Waals surface area contributed by atoms with E-state index in [2.05, 4.69) is 9.72 Å². The molecule has 0 aliphatic heterocycles. The van der Waals surface area contributed by atoms with Crippen molar-refractivity contribution in [2.24, 2.45) is 0 Å². The van der Waals surface area contributed by atoms with Gasteiger partial charge in [-0.2, -0.15) is 9.37 Å². The minimum Gasteiger partial charge on any atom is -0.481 e. The first-order chi connectivity index (χ1) is 4.33. The largest absolute Gasteiger partial charge is 0.481 e. The Morgan fingerprint density at radius 1 is 1.56 bits per heavy atom. The minimum absolute atomic E-state index is 0.301. The van der Waals surface area contributed by atoms with Crippen LogP contribution in [0.4, 0.5) is 4.39 Å². The van der Waals surface area contributed by atoms with Crippen LogP contribution in [0.2, 0.25) is 0 Å². The van der Waals surface area contributed by atoms with Crippen molar-refractivity contribution in [2.75, 3.05) is 7.11 Å². The molecular weight excluding hydrogens is 121 g/mol. The van der Waals surface area contributed by atoms with Crippen LogP contribution in [0.5, 0.6) is 5.88 Å². The second kappa shape index (κ2) is 2.44. The van der Waals surface area contributed by atoms with E-state index in [1.165, 1.54) is 13.2 Å². The van der Waals surface area contributed by atoms with Crippen LogP contribution < -0.4 is 4.74 Å². The van der Waals surface area contributed by atoms with E-state index in [1.54, 1.807) is 12.1 Å². The van der Waals surface area contributed by atoms with E-state index < -0.39 is 5.95 Å². The second-order valence-electron chi connectivity index (χ2n) is 1.50. The third-order valence-electron chi connectivity index (χ3n) is 0.899. The predicted octanol–water partition coefficient (Wildman–Crippen LogP) is 1.23. The molecule has 1 rings (SSSR count). The van der Waals surface area contributed by atoms with Crippen LogP contribution >= 0.6 is 0 Å². The molecule has 0 aliphatic carbocycles. The summed E-state index contributed by atoms with van der Waals surface area (Å²) in [6.45, 7) is 0. The van der Waals surface area contributed by atoms with E-state index in [-0.39, 0.29) is 0 Å². The maximum Gasteiger partial charge on any atom is 0.216 e. The fourth-order valence-electron chi connectivity index (χ4n) is 0.503. The SMILES string of the molecule is COc1cccc(F)n1. The predicted molar refractivity (Wildman–Crippen MR) is 30.7 cm³/mol. The van der Waals surface area contributed by atoms with E-state index in [0.29, 0.717) is 5.88 Å². The molecule has 0 saturated carbocycles. The van der Waals surface area contributed by atoms with Gasteiger partial charge in [-0.25, -0.2) is 0 Å². The van der Waals surface area contributed by atoms with Gasteiger partial charge in [0.1, 0.15) is 0 Å². The summed E-state index contributed by atoms with van der Waals surface area (Å²) in [5.74, 6) is -0.218. The molecule has 2 nitrogen and oxygen atoms in total. The molecule has 9 heavy (non-hydrogen) atoms. The van der Waals surface area contributed by atoms with Crippen molar-refractivity contribution in [3.8, 4) is 5.88 Å². The van der Waals surface area contributed by atoms with Crippen molar-refractivity contribution in [1.29, 1.82) is 0 Å². The Labute approximate surface area is 52.3 Å². The number of ether oxygens (including phenoxy) is 1. The highest BCUT2D eigenvalue weighted by atomic mass is 19.1. The molecular formula is C6H6FNO. The molecule has 0 bridgehead atoms. The normalized spacial score (nSPS) is 9.11. The first-order valence-electron chi connectivity index (χ1n) is 2.49. The highest BCUT2D eigenvalue weighted by Gasteiger charge is 1.91. The molecule has 0 unspecified atom stereocenters. The number of nitrogens with zero attached hydrogens (tertiary/aromatic N) is 1. The fraction of sp³-hybridized carbons (Fsp3) is 0.167. The van der Waals surface area contributed by atoms with Gasteiger partial charge in [0.25, 0.3) is 0 Å². The molecule has 0 N–H and O–H groups in total. The number of pyridine rings is 1. The van der Waals surface area contributed by atoms with Crippen LogP contribution in [-0.4, -0.2) is 12.1 Å². The number of hydrogen-bond donors (Lipinski definition) is 0. The van der Waals surface area contributed by atoms with Gasteiger partial charge in [0.15, 0.2) is 0 Å². The summed E-state index contributed by atoms with van der Waals surface area (Å²) in [6.07, 6.45) is 0. The lowest BCUT2D eigenvalue weighted by atomic mass is 10.5. The van der Waals surface area contributed by atoms with Gasteiger partial charge >= 0.3 is 0 Å². The van der Waals surface area contributed by atoms with Crippen LogP contribution in [-0.2, 0) is 0 Å². The highest BCUT2D eigenvalue weighted by molar-refractivity contribution is 5.09. The maximum absolute atomic E-state index is 12.2. The average molecular weight is 127 g/mol. The van der Waals surface area contributed by atoms with Gasteiger partial charge < -0.3 is 4.74 Å². The summed E-state index contributed by atoms with van der Waals surface area (Å²) >= 11 is 0. The van der Waals surface area contributed by atoms with Crippen molar-refractivity contribution in [2.45, 2.75) is 0 Å². The Hall–Kier alpha value is -1.12. The van der Waals surface area contributed by atoms with Gasteiger partial charge in [-0.15, -0.1) is 0 Å². The number of rotatable bonds is 1. The van der Waals surface area contributed by atoms with Crippen molar-refractivity contribution >= 4 is 0 Å². The highest BCUT2D eigenvalue weighted by Crippen LogP contribution is 2.03. The van der Waals surface area contributed by atoms with Gasteiger partial charge in [0, 0.05) is 6.07 Å². The molecule has 0 aliphatic rings. The second-order valence-corrected chi connectivity index (χ2v) is 1.50. The van der Waals surface area contributed by atoms with Crippen LogP contribution in [0.15, 0.2) is 18.2 Å². The lowest BCUT2D eigenvalue weighted by Gasteiger charge is -1.94. The molecule has 1 aromatic rings. The molecule has 0 fully saturated rings. The maximum atomic E-state index is 12.2. The molecule has 0 atom stereocenters. The molecule has 0 amide bonds. The Kier molecular flexibility index (Phi) is 1.63. The molecule has 1 aromatic heterocycles. The zero-order valence-electron chi connectivity index (χ0n) is 4.97. The van der Waals surface area contributed by atoms with Crippen LogP contribution in [0.1, 0.15) is 0 Å². The summed E-state index contributed by atoms with van der Waals surface area (Å²) < 4.78 is 16.8. The van der Waals surface area contributed by atoms with Crippen LogP contribution in [0.25, 0.3) is 0 Å². The van der Waals surface area contributed by atoms with Gasteiger partial charge in [-0.1, -0.05) is 6.07 Å². The van der Waals surface area contributed by atoms with Gasteiger partial charge in [-0.05, 0) is 6.07 Å². The zero-order valence-corrected chi connectivity index (χ0v) is 4.97. The van der Waals surface area contributed by atoms with Crippen molar-refractivity contribution in [3.63, 3.8) is 0 Å². The number of halogens is 1. The number of hydrogen-bond acceptors (Lipinski definition) is 2. The quantitative estimate of drug-likeness (QED) is 0.529. The molecule has 0 saturated heterocycles. The van der Waals surface area contributed by atoms with Crippen molar-refractivity contribution < 1.29 is 9.13 Å². The third-order valence-corrected chi connectivity index (χ3v) is 0.899. The van der Waals surface area contributed by atoms with Crippen LogP contribution in [0.3, 0.4) is 0 Å². The molecule has 3 heteroatoms. The smallest absolute Gasteiger partial charge is 0.216 e. The summed E-state index contributed by atoms with van der Waals surface area (Å²) in [5.41, 5.74) is 0. The molecule has 0 spiro atoms. The summed E-state index contributed by atoms with van der Waals surface area (Å²) in [5, 5.41) is 0. The molecule has 0 aromatic carbocycles. The first-order valence-corrected chi connectivity index (χ1v) is 2.49. The van der Waals surface area contributed by atoms with Gasteiger partial charge in [0.05, 0.1) is 7.11 Å². The monoisotopic (exact) mass is 127 g/mol. The number of methoxy groups -OCH3 is 1. The van der Waals surface area contributed by atoms with Gasteiger partial charge in [0.2, 0.25) is 11.8 Å². The van der Waals surface area contributed by atoms with Crippen LogP contribution in [0, 0.1) is 5.95 Å². The summed E-state index contributed by atoms with van der Waals surface area (Å²) in [6, 6.07) is 4.40. The Balaban J connectivity index is 2.94. The van der Waals surface area contributed by atoms with E-state index in [4.69, 9.17) is 0 Å². The van der Waals surface area contributed by atoms with Gasteiger partial charge in [-0.3, -0.25) is 0 Å². The Morgan fingerprint density at radius 3 is 2.78 bits per heavy atom. The van der Waals surface area contributed by atoms with E-state index >= 15 is 0 Å². The van der Waals surface area contributed by atoms with Crippen molar-refractivity contribution in [3.05, 3.63) is 24.1 Å². The fourth-order valence-corrected chi connectivity index (χ4v) is 0.503. The first kappa shape index (κ1) is 6.01. The molecule has 1 heterocycles. The lowest BCUT2D eigenvalue weighted by Crippen LogP contribution is -1.88. The topological polar surface area (TPSA) is 22.1 Å². The lowest BCUT2D eigenvalue weighted by molar-refractivity contribution is 0.387.